The number of ether oxygens (including phenoxy) is 1. The van der Waals surface area contributed by atoms with E-state index in [0.717, 1.165) is 19.3 Å². The maximum atomic E-state index is 14.7. The number of halogens is 4. The number of alkyl halides is 3. The minimum Gasteiger partial charge on any atom is -0.373 e. The van der Waals surface area contributed by atoms with Gasteiger partial charge in [0.2, 0.25) is 0 Å². The van der Waals surface area contributed by atoms with Crippen LogP contribution in [0.4, 0.5) is 17.6 Å². The smallest absolute Gasteiger partial charge is 0.373 e. The Labute approximate surface area is 147 Å². The summed E-state index contributed by atoms with van der Waals surface area (Å²) in [5.74, 6) is -0.740. The first-order valence-corrected chi connectivity index (χ1v) is 8.99. The minimum atomic E-state index is -4.70. The summed E-state index contributed by atoms with van der Waals surface area (Å²) in [5.41, 5.74) is -1.09. The standard InChI is InChI=1S/C20H26F4O/c1-3-5-6-8-15-10-11-16(19(21)18(15)20(22,23)24)17-12-9-14(7-4-2)13-25-17/h3,5,10-11,14,17H,4,6-9,12-13H2,1-2H3/b5-3+. The molecule has 1 saturated heterocycles. The molecule has 0 spiro atoms. The first-order chi connectivity index (χ1) is 11.9. The lowest BCUT2D eigenvalue weighted by molar-refractivity contribution is -0.140. The lowest BCUT2D eigenvalue weighted by Gasteiger charge is -2.30. The van der Waals surface area contributed by atoms with Crippen LogP contribution in [0.2, 0.25) is 0 Å². The van der Waals surface area contributed by atoms with Crippen molar-refractivity contribution < 1.29 is 22.3 Å². The number of benzene rings is 1. The van der Waals surface area contributed by atoms with Gasteiger partial charge < -0.3 is 4.74 Å². The van der Waals surface area contributed by atoms with E-state index in [4.69, 9.17) is 4.74 Å². The summed E-state index contributed by atoms with van der Waals surface area (Å²) in [5, 5.41) is 0. The molecule has 25 heavy (non-hydrogen) atoms. The molecule has 1 aromatic carbocycles. The van der Waals surface area contributed by atoms with Crippen LogP contribution >= 0.6 is 0 Å². The van der Waals surface area contributed by atoms with Crippen molar-refractivity contribution in [2.75, 3.05) is 6.61 Å². The average molecular weight is 358 g/mol. The topological polar surface area (TPSA) is 9.23 Å². The van der Waals surface area contributed by atoms with E-state index in [9.17, 15) is 17.6 Å². The van der Waals surface area contributed by atoms with Gasteiger partial charge in [0.1, 0.15) is 5.82 Å². The van der Waals surface area contributed by atoms with Crippen LogP contribution in [0.5, 0.6) is 0 Å². The predicted octanol–water partition coefficient (Wildman–Crippen LogP) is 6.62. The second kappa shape index (κ2) is 8.84. The van der Waals surface area contributed by atoms with Crippen molar-refractivity contribution >= 4 is 0 Å². The molecule has 0 saturated carbocycles. The zero-order chi connectivity index (χ0) is 18.4. The third-order valence-corrected chi connectivity index (χ3v) is 4.77. The first-order valence-electron chi connectivity index (χ1n) is 8.99. The van der Waals surface area contributed by atoms with E-state index in [2.05, 4.69) is 6.92 Å². The molecule has 2 rings (SSSR count). The van der Waals surface area contributed by atoms with Crippen LogP contribution in [0, 0.1) is 11.7 Å². The number of hydrogen-bond acceptors (Lipinski definition) is 1. The first kappa shape index (κ1) is 20.0. The van der Waals surface area contributed by atoms with Gasteiger partial charge in [0.25, 0.3) is 0 Å². The van der Waals surface area contributed by atoms with Crippen molar-refractivity contribution in [2.24, 2.45) is 5.92 Å². The average Bonchev–Trinajstić information content (AvgIpc) is 2.55. The van der Waals surface area contributed by atoms with Crippen molar-refractivity contribution in [1.29, 1.82) is 0 Å². The Morgan fingerprint density at radius 2 is 2.00 bits per heavy atom. The summed E-state index contributed by atoms with van der Waals surface area (Å²) in [6, 6.07) is 2.88. The lowest BCUT2D eigenvalue weighted by Crippen LogP contribution is -2.23. The summed E-state index contributed by atoms with van der Waals surface area (Å²) in [4.78, 5) is 0. The molecule has 1 fully saturated rings. The van der Waals surface area contributed by atoms with Crippen LogP contribution in [0.3, 0.4) is 0 Å². The maximum absolute atomic E-state index is 14.7. The fourth-order valence-electron chi connectivity index (χ4n) is 3.49. The highest BCUT2D eigenvalue weighted by Gasteiger charge is 2.39. The molecular weight excluding hydrogens is 332 g/mol. The van der Waals surface area contributed by atoms with Gasteiger partial charge in [-0.15, -0.1) is 0 Å². The summed E-state index contributed by atoms with van der Waals surface area (Å²) >= 11 is 0. The third kappa shape index (κ3) is 5.06. The van der Waals surface area contributed by atoms with Crippen molar-refractivity contribution in [1.82, 2.24) is 0 Å². The molecule has 0 bridgehead atoms. The Hall–Kier alpha value is -1.36. The predicted molar refractivity (Wildman–Crippen MR) is 90.9 cm³/mol. The largest absolute Gasteiger partial charge is 0.419 e. The SMILES string of the molecule is C/C=C/CCc1ccc(C2CCC(CCC)CO2)c(F)c1C(F)(F)F. The molecule has 1 aromatic rings. The van der Waals surface area contributed by atoms with Crippen LogP contribution in [-0.4, -0.2) is 6.61 Å². The van der Waals surface area contributed by atoms with Crippen molar-refractivity contribution in [3.05, 3.63) is 46.8 Å². The molecule has 5 heteroatoms. The van der Waals surface area contributed by atoms with Crippen molar-refractivity contribution in [2.45, 2.75) is 64.7 Å². The van der Waals surface area contributed by atoms with E-state index in [1.165, 1.54) is 12.1 Å². The number of hydrogen-bond donors (Lipinski definition) is 0. The van der Waals surface area contributed by atoms with Gasteiger partial charge in [-0.1, -0.05) is 37.6 Å². The molecule has 1 nitrogen and oxygen atoms in total. The highest BCUT2D eigenvalue weighted by atomic mass is 19.4. The molecule has 0 radical (unpaired) electrons. The normalized spacial score (nSPS) is 21.8. The van der Waals surface area contributed by atoms with Gasteiger partial charge >= 0.3 is 6.18 Å². The second-order valence-electron chi connectivity index (χ2n) is 6.66. The molecule has 0 amide bonds. The zero-order valence-corrected chi connectivity index (χ0v) is 14.8. The maximum Gasteiger partial charge on any atom is 0.419 e. The van der Waals surface area contributed by atoms with Gasteiger partial charge in [-0.05, 0) is 50.5 Å². The Morgan fingerprint density at radius 1 is 1.24 bits per heavy atom. The lowest BCUT2D eigenvalue weighted by atomic mass is 9.89. The Morgan fingerprint density at radius 3 is 2.56 bits per heavy atom. The molecule has 2 atom stereocenters. The van der Waals surface area contributed by atoms with E-state index in [1.807, 2.05) is 0 Å². The van der Waals surface area contributed by atoms with Gasteiger partial charge in [-0.3, -0.25) is 0 Å². The molecule has 140 valence electrons. The quantitative estimate of drug-likeness (QED) is 0.410. The molecule has 0 aliphatic carbocycles. The molecule has 1 aliphatic heterocycles. The van der Waals surface area contributed by atoms with Gasteiger partial charge in [0.05, 0.1) is 18.3 Å². The van der Waals surface area contributed by atoms with E-state index < -0.39 is 23.7 Å². The minimum absolute atomic E-state index is 0.00604. The molecule has 1 aliphatic rings. The molecule has 2 unspecified atom stereocenters. The fraction of sp³-hybridized carbons (Fsp3) is 0.600. The summed E-state index contributed by atoms with van der Waals surface area (Å²) in [7, 11) is 0. The van der Waals surface area contributed by atoms with Crippen molar-refractivity contribution in [3.8, 4) is 0 Å². The third-order valence-electron chi connectivity index (χ3n) is 4.77. The number of allylic oxidation sites excluding steroid dienone is 2. The van der Waals surface area contributed by atoms with E-state index in [-0.39, 0.29) is 17.5 Å². The van der Waals surface area contributed by atoms with Gasteiger partial charge in [-0.25, -0.2) is 4.39 Å². The Bertz CT molecular complexity index is 584. The van der Waals surface area contributed by atoms with Crippen LogP contribution < -0.4 is 0 Å². The Balaban J connectivity index is 2.25. The van der Waals surface area contributed by atoms with Crippen LogP contribution in [-0.2, 0) is 17.3 Å². The summed E-state index contributed by atoms with van der Waals surface area (Å²) in [6.45, 7) is 4.39. The van der Waals surface area contributed by atoms with Gasteiger partial charge in [0.15, 0.2) is 0 Å². The second-order valence-corrected chi connectivity index (χ2v) is 6.66. The van der Waals surface area contributed by atoms with Crippen LogP contribution in [0.1, 0.15) is 68.7 Å². The van der Waals surface area contributed by atoms with Crippen molar-refractivity contribution in [3.63, 3.8) is 0 Å². The monoisotopic (exact) mass is 358 g/mol. The van der Waals surface area contributed by atoms with Gasteiger partial charge in [-0.2, -0.15) is 13.2 Å². The fourth-order valence-corrected chi connectivity index (χ4v) is 3.49. The number of aryl methyl sites for hydroxylation is 1. The van der Waals surface area contributed by atoms with Crippen LogP contribution in [0.15, 0.2) is 24.3 Å². The molecule has 0 aromatic heterocycles. The number of rotatable bonds is 6. The van der Waals surface area contributed by atoms with Crippen LogP contribution in [0.25, 0.3) is 0 Å². The Kier molecular flexibility index (Phi) is 7.05. The highest BCUT2D eigenvalue weighted by Crippen LogP contribution is 2.40. The molecule has 1 heterocycles. The molecule has 0 N–H and O–H groups in total. The summed E-state index contributed by atoms with van der Waals surface area (Å²) in [6.07, 6.45) is 2.41. The van der Waals surface area contributed by atoms with E-state index >= 15 is 0 Å². The van der Waals surface area contributed by atoms with E-state index in [0.29, 0.717) is 25.4 Å². The highest BCUT2D eigenvalue weighted by molar-refractivity contribution is 5.37. The zero-order valence-electron chi connectivity index (χ0n) is 14.8. The molecular formula is C20H26F4O. The van der Waals surface area contributed by atoms with Gasteiger partial charge in [0, 0.05) is 5.56 Å². The summed E-state index contributed by atoms with van der Waals surface area (Å²) < 4.78 is 60.7. The van der Waals surface area contributed by atoms with E-state index in [1.54, 1.807) is 19.1 Å².